The molecule has 1 aliphatic rings. The van der Waals surface area contributed by atoms with Crippen LogP contribution in [0, 0.1) is 5.92 Å². The Morgan fingerprint density at radius 1 is 1.38 bits per heavy atom. The van der Waals surface area contributed by atoms with Crippen molar-refractivity contribution in [3.63, 3.8) is 0 Å². The number of carbonyl (C=O) groups is 1. The van der Waals surface area contributed by atoms with Crippen molar-refractivity contribution in [3.05, 3.63) is 23.8 Å². The van der Waals surface area contributed by atoms with Crippen molar-refractivity contribution in [1.29, 1.82) is 0 Å². The zero-order chi connectivity index (χ0) is 18.1. The van der Waals surface area contributed by atoms with Gasteiger partial charge >= 0.3 is 6.18 Å². The van der Waals surface area contributed by atoms with Gasteiger partial charge in [-0.1, -0.05) is 0 Å². The molecule has 0 aliphatic carbocycles. The van der Waals surface area contributed by atoms with Gasteiger partial charge in [0.05, 0.1) is 23.5 Å². The molecule has 0 saturated carbocycles. The van der Waals surface area contributed by atoms with Crippen LogP contribution in [0.5, 0.6) is 5.75 Å². The molecule has 0 aromatic heterocycles. The lowest BCUT2D eigenvalue weighted by Gasteiger charge is -2.34. The van der Waals surface area contributed by atoms with Crippen LogP contribution in [-0.4, -0.2) is 45.6 Å². The molecule has 1 aromatic carbocycles. The maximum atomic E-state index is 12.9. The number of halogens is 3. The molecule has 1 atom stereocenters. The zero-order valence-electron chi connectivity index (χ0n) is 12.8. The highest BCUT2D eigenvalue weighted by Gasteiger charge is 2.43. The van der Waals surface area contributed by atoms with Gasteiger partial charge in [0.25, 0.3) is 5.91 Å². The minimum absolute atomic E-state index is 0.0400. The van der Waals surface area contributed by atoms with E-state index >= 15 is 0 Å². The van der Waals surface area contributed by atoms with Crippen LogP contribution in [0.2, 0.25) is 0 Å². The van der Waals surface area contributed by atoms with Gasteiger partial charge in [-0.05, 0) is 31.0 Å². The molecule has 10 heteroatoms. The molecule has 2 N–H and O–H groups in total. The molecule has 0 bridgehead atoms. The molecule has 24 heavy (non-hydrogen) atoms. The van der Waals surface area contributed by atoms with Crippen LogP contribution in [0.1, 0.15) is 23.2 Å². The third-order valence-corrected chi connectivity index (χ3v) is 4.81. The van der Waals surface area contributed by atoms with E-state index in [-0.39, 0.29) is 35.6 Å². The number of carbonyl (C=O) groups excluding carboxylic acids is 1. The minimum Gasteiger partial charge on any atom is -0.496 e. The number of primary sulfonamides is 1. The summed E-state index contributed by atoms with van der Waals surface area (Å²) in [5.41, 5.74) is -0.133. The van der Waals surface area contributed by atoms with E-state index in [9.17, 15) is 26.4 Å². The first-order valence-electron chi connectivity index (χ1n) is 7.11. The second-order valence-corrected chi connectivity index (χ2v) is 7.10. The standard InChI is InChI=1S/C14H17F3N2O4S/c1-23-12-5-4-10(24(18,21)22)7-11(12)13(20)19-6-2-3-9(8-19)14(15,16)17/h4-5,7,9H,2-3,6,8H2,1H3,(H2,18,21,22). The molecule has 1 saturated heterocycles. The number of nitrogens with two attached hydrogens (primary N) is 1. The summed E-state index contributed by atoms with van der Waals surface area (Å²) >= 11 is 0. The number of likely N-dealkylation sites (tertiary alicyclic amines) is 1. The van der Waals surface area contributed by atoms with Crippen LogP contribution in [0.3, 0.4) is 0 Å². The Morgan fingerprint density at radius 2 is 2.04 bits per heavy atom. The number of ether oxygens (including phenoxy) is 1. The van der Waals surface area contributed by atoms with Crippen LogP contribution < -0.4 is 9.88 Å². The van der Waals surface area contributed by atoms with E-state index in [0.717, 1.165) is 11.0 Å². The quantitative estimate of drug-likeness (QED) is 0.883. The number of nitrogens with zero attached hydrogens (tertiary/aromatic N) is 1. The summed E-state index contributed by atoms with van der Waals surface area (Å²) in [7, 11) is -2.78. The van der Waals surface area contributed by atoms with Crippen molar-refractivity contribution in [1.82, 2.24) is 4.90 Å². The Morgan fingerprint density at radius 3 is 2.58 bits per heavy atom. The molecule has 1 amide bonds. The largest absolute Gasteiger partial charge is 0.496 e. The van der Waals surface area contributed by atoms with Gasteiger partial charge in [0.15, 0.2) is 0 Å². The molecule has 1 aliphatic heterocycles. The minimum atomic E-state index is -4.38. The number of methoxy groups -OCH3 is 1. The predicted molar refractivity (Wildman–Crippen MR) is 79.0 cm³/mol. The molecule has 1 fully saturated rings. The Hall–Kier alpha value is -1.81. The van der Waals surface area contributed by atoms with Crippen molar-refractivity contribution in [2.75, 3.05) is 20.2 Å². The fourth-order valence-electron chi connectivity index (χ4n) is 2.63. The number of hydrogen-bond donors (Lipinski definition) is 1. The number of sulfonamides is 1. The lowest BCUT2D eigenvalue weighted by molar-refractivity contribution is -0.184. The van der Waals surface area contributed by atoms with Crippen molar-refractivity contribution in [2.24, 2.45) is 11.1 Å². The van der Waals surface area contributed by atoms with E-state index in [1.165, 1.54) is 19.2 Å². The molecule has 0 radical (unpaired) electrons. The van der Waals surface area contributed by atoms with Gasteiger partial charge < -0.3 is 9.64 Å². The number of benzene rings is 1. The van der Waals surface area contributed by atoms with Gasteiger partial charge in [0.2, 0.25) is 10.0 Å². The average Bonchev–Trinajstić information content (AvgIpc) is 2.52. The van der Waals surface area contributed by atoms with Gasteiger partial charge in [0.1, 0.15) is 5.75 Å². The fourth-order valence-corrected chi connectivity index (χ4v) is 3.17. The molecule has 6 nitrogen and oxygen atoms in total. The van der Waals surface area contributed by atoms with E-state index in [4.69, 9.17) is 9.88 Å². The van der Waals surface area contributed by atoms with E-state index in [1.54, 1.807) is 0 Å². The third kappa shape index (κ3) is 3.99. The molecule has 1 unspecified atom stereocenters. The average molecular weight is 366 g/mol. The van der Waals surface area contributed by atoms with Gasteiger partial charge in [0, 0.05) is 13.1 Å². The first kappa shape index (κ1) is 18.5. The molecule has 2 rings (SSSR count). The second kappa shape index (κ2) is 6.60. The highest BCUT2D eigenvalue weighted by atomic mass is 32.2. The summed E-state index contributed by atoms with van der Waals surface area (Å²) in [5, 5.41) is 5.03. The summed E-state index contributed by atoms with van der Waals surface area (Å²) in [5.74, 6) is -2.24. The summed E-state index contributed by atoms with van der Waals surface area (Å²) in [6, 6.07) is 3.44. The Kier molecular flexibility index (Phi) is 5.09. The van der Waals surface area contributed by atoms with Crippen LogP contribution in [0.4, 0.5) is 13.2 Å². The Balaban J connectivity index is 2.34. The molecular weight excluding hydrogens is 349 g/mol. The van der Waals surface area contributed by atoms with Crippen molar-refractivity contribution >= 4 is 15.9 Å². The zero-order valence-corrected chi connectivity index (χ0v) is 13.7. The summed E-state index contributed by atoms with van der Waals surface area (Å²) in [6.07, 6.45) is -4.21. The van der Waals surface area contributed by atoms with Crippen LogP contribution in [-0.2, 0) is 10.0 Å². The van der Waals surface area contributed by atoms with Gasteiger partial charge in [-0.2, -0.15) is 13.2 Å². The molecule has 1 aromatic rings. The smallest absolute Gasteiger partial charge is 0.393 e. The predicted octanol–water partition coefficient (Wildman–Crippen LogP) is 1.76. The van der Waals surface area contributed by atoms with E-state index < -0.39 is 34.6 Å². The fraction of sp³-hybridized carbons (Fsp3) is 0.500. The number of hydrogen-bond acceptors (Lipinski definition) is 4. The van der Waals surface area contributed by atoms with Gasteiger partial charge in [-0.15, -0.1) is 0 Å². The van der Waals surface area contributed by atoms with E-state index in [0.29, 0.717) is 0 Å². The Bertz CT molecular complexity index is 734. The monoisotopic (exact) mass is 366 g/mol. The van der Waals surface area contributed by atoms with Gasteiger partial charge in [-0.25, -0.2) is 13.6 Å². The topological polar surface area (TPSA) is 89.7 Å². The third-order valence-electron chi connectivity index (χ3n) is 3.90. The SMILES string of the molecule is COc1ccc(S(N)(=O)=O)cc1C(=O)N1CCCC(C(F)(F)F)C1. The highest BCUT2D eigenvalue weighted by Crippen LogP contribution is 2.34. The second-order valence-electron chi connectivity index (χ2n) is 5.54. The number of amides is 1. The van der Waals surface area contributed by atoms with E-state index in [1.807, 2.05) is 0 Å². The molecule has 0 spiro atoms. The highest BCUT2D eigenvalue weighted by molar-refractivity contribution is 7.89. The van der Waals surface area contributed by atoms with Crippen LogP contribution in [0.15, 0.2) is 23.1 Å². The van der Waals surface area contributed by atoms with Gasteiger partial charge in [-0.3, -0.25) is 4.79 Å². The number of alkyl halides is 3. The van der Waals surface area contributed by atoms with Crippen molar-refractivity contribution < 1.29 is 31.1 Å². The maximum absolute atomic E-state index is 12.9. The first-order chi connectivity index (χ1) is 11.0. The molecule has 134 valence electrons. The summed E-state index contributed by atoms with van der Waals surface area (Å²) < 4.78 is 66.5. The lowest BCUT2D eigenvalue weighted by atomic mass is 9.97. The van der Waals surface area contributed by atoms with Crippen molar-refractivity contribution in [2.45, 2.75) is 23.9 Å². The normalized spacial score (nSPS) is 19.2. The lowest BCUT2D eigenvalue weighted by Crippen LogP contribution is -2.44. The molecular formula is C14H17F3N2O4S. The van der Waals surface area contributed by atoms with E-state index in [2.05, 4.69) is 0 Å². The number of rotatable bonds is 3. The Labute approximate surface area is 137 Å². The maximum Gasteiger partial charge on any atom is 0.393 e. The van der Waals surface area contributed by atoms with Crippen molar-refractivity contribution in [3.8, 4) is 5.75 Å². The number of piperidine rings is 1. The molecule has 1 heterocycles. The van der Waals surface area contributed by atoms with Crippen LogP contribution >= 0.6 is 0 Å². The van der Waals surface area contributed by atoms with Crippen LogP contribution in [0.25, 0.3) is 0 Å². The summed E-state index contributed by atoms with van der Waals surface area (Å²) in [6.45, 7) is -0.306. The first-order valence-corrected chi connectivity index (χ1v) is 8.65. The summed E-state index contributed by atoms with van der Waals surface area (Å²) in [4.78, 5) is 13.3.